The Bertz CT molecular complexity index is 1810. The van der Waals surface area contributed by atoms with Crippen LogP contribution < -0.4 is 22.5 Å². The number of esters is 1. The first kappa shape index (κ1) is 29.8. The maximum Gasteiger partial charge on any atom is 0.333 e. The monoisotopic (exact) mass is 597 g/mol. The zero-order chi connectivity index (χ0) is 29.8. The van der Waals surface area contributed by atoms with Gasteiger partial charge in [-0.1, -0.05) is 67.5 Å². The van der Waals surface area contributed by atoms with E-state index in [1.165, 1.54) is 4.57 Å². The van der Waals surface area contributed by atoms with E-state index < -0.39 is 35.1 Å². The minimum atomic E-state index is -1.01. The Balaban J connectivity index is 1.78. The number of anilines is 1. The number of nitrogen functional groups attached to an aromatic ring is 1. The summed E-state index contributed by atoms with van der Waals surface area (Å²) in [6, 6.07) is 13.6. The van der Waals surface area contributed by atoms with Crippen molar-refractivity contribution in [1.29, 1.82) is 0 Å². The van der Waals surface area contributed by atoms with Gasteiger partial charge in [-0.25, -0.2) is 14.3 Å². The van der Waals surface area contributed by atoms with Crippen molar-refractivity contribution >= 4 is 51.8 Å². The normalized spacial score (nSPS) is 11.2. The molecule has 0 aliphatic carbocycles. The molecule has 2 aromatic carbocycles. The zero-order valence-corrected chi connectivity index (χ0v) is 24.2. The van der Waals surface area contributed by atoms with Crippen molar-refractivity contribution in [2.24, 2.45) is 5.92 Å². The highest BCUT2D eigenvalue weighted by molar-refractivity contribution is 7.99. The summed E-state index contributed by atoms with van der Waals surface area (Å²) in [7, 11) is 1.12. The lowest BCUT2D eigenvalue weighted by atomic mass is 10.2. The molecule has 4 aromatic rings. The Morgan fingerprint density at radius 3 is 2.39 bits per heavy atom. The SMILES string of the molecule is COC(=O)Cn1c(=O)c(C(=O)CSc2nc3ccc(Cl)cc3c(=O)n2CC(C)C)c(N)n(Cc2ccccc2)c1=O. The first-order valence-electron chi connectivity index (χ1n) is 12.6. The number of nitrogens with two attached hydrogens (primary N) is 1. The number of aromatic nitrogens is 4. The Kier molecular flexibility index (Phi) is 9.14. The van der Waals surface area contributed by atoms with Gasteiger partial charge in [0.1, 0.15) is 17.9 Å². The molecule has 0 atom stereocenters. The quantitative estimate of drug-likeness (QED) is 0.126. The predicted octanol–water partition coefficient (Wildman–Crippen LogP) is 2.81. The van der Waals surface area contributed by atoms with Crippen molar-refractivity contribution in [3.63, 3.8) is 0 Å². The minimum absolute atomic E-state index is 0.0386. The first-order valence-corrected chi connectivity index (χ1v) is 14.0. The third-order valence-electron chi connectivity index (χ3n) is 6.21. The zero-order valence-electron chi connectivity index (χ0n) is 22.6. The van der Waals surface area contributed by atoms with Gasteiger partial charge in [0, 0.05) is 11.6 Å². The first-order chi connectivity index (χ1) is 19.5. The fourth-order valence-electron chi connectivity index (χ4n) is 4.24. The molecule has 4 rings (SSSR count). The van der Waals surface area contributed by atoms with E-state index in [1.54, 1.807) is 48.5 Å². The number of fused-ring (bicyclic) bond motifs is 1. The van der Waals surface area contributed by atoms with Crippen LogP contribution in [0.5, 0.6) is 0 Å². The molecular weight excluding hydrogens is 570 g/mol. The molecule has 0 unspecified atom stereocenters. The molecule has 11 nitrogen and oxygen atoms in total. The molecule has 0 amide bonds. The van der Waals surface area contributed by atoms with Gasteiger partial charge >= 0.3 is 11.7 Å². The third-order valence-corrected chi connectivity index (χ3v) is 7.42. The average Bonchev–Trinajstić information content (AvgIpc) is 2.94. The Morgan fingerprint density at radius 2 is 1.73 bits per heavy atom. The van der Waals surface area contributed by atoms with Crippen molar-refractivity contribution in [1.82, 2.24) is 18.7 Å². The summed E-state index contributed by atoms with van der Waals surface area (Å²) in [4.78, 5) is 70.0. The maximum absolute atomic E-state index is 13.5. The molecule has 214 valence electrons. The van der Waals surface area contributed by atoms with Crippen LogP contribution in [0.2, 0.25) is 5.02 Å². The van der Waals surface area contributed by atoms with Gasteiger partial charge in [0.2, 0.25) is 0 Å². The molecule has 0 saturated heterocycles. The van der Waals surface area contributed by atoms with Crippen LogP contribution in [0, 0.1) is 5.92 Å². The number of ether oxygens (including phenoxy) is 1. The summed E-state index contributed by atoms with van der Waals surface area (Å²) in [6.07, 6.45) is 0. The van der Waals surface area contributed by atoms with Crippen molar-refractivity contribution in [2.45, 2.75) is 38.6 Å². The number of thioether (sulfide) groups is 1. The smallest absolute Gasteiger partial charge is 0.333 e. The van der Waals surface area contributed by atoms with E-state index >= 15 is 0 Å². The lowest BCUT2D eigenvalue weighted by molar-refractivity contribution is -0.141. The second-order valence-electron chi connectivity index (χ2n) is 9.66. The number of rotatable bonds is 10. The van der Waals surface area contributed by atoms with Gasteiger partial charge < -0.3 is 10.5 Å². The number of hydrogen-bond donors (Lipinski definition) is 1. The average molecular weight is 598 g/mol. The molecule has 13 heteroatoms. The number of benzene rings is 2. The summed E-state index contributed by atoms with van der Waals surface area (Å²) in [5.41, 5.74) is 4.75. The van der Waals surface area contributed by atoms with E-state index in [0.29, 0.717) is 32.6 Å². The van der Waals surface area contributed by atoms with Crippen LogP contribution in [0.25, 0.3) is 10.9 Å². The van der Waals surface area contributed by atoms with Gasteiger partial charge in [0.05, 0.1) is 30.3 Å². The standard InChI is InChI=1S/C28H28ClN5O6S/c1-16(2)12-33-25(37)19-11-18(29)9-10-20(19)31-27(33)41-15-21(35)23-24(30)32(13-17-7-5-4-6-8-17)28(39)34(26(23)38)14-22(36)40-3/h4-11,16H,12-15,30H2,1-3H3. The third kappa shape index (κ3) is 6.44. The Morgan fingerprint density at radius 1 is 1.02 bits per heavy atom. The molecule has 0 bridgehead atoms. The molecule has 2 heterocycles. The van der Waals surface area contributed by atoms with Crippen molar-refractivity contribution < 1.29 is 14.3 Å². The highest BCUT2D eigenvalue weighted by Crippen LogP contribution is 2.22. The fraction of sp³-hybridized carbons (Fsp3) is 0.286. The van der Waals surface area contributed by atoms with Gasteiger partial charge in [-0.3, -0.25) is 28.3 Å². The molecule has 41 heavy (non-hydrogen) atoms. The molecule has 0 spiro atoms. The molecule has 0 aliphatic heterocycles. The number of Topliss-reactive ketones (excluding diaryl/α,β-unsaturated/α-hetero) is 1. The van der Waals surface area contributed by atoms with E-state index in [9.17, 15) is 24.0 Å². The molecule has 0 saturated carbocycles. The summed E-state index contributed by atoms with van der Waals surface area (Å²) >= 11 is 7.06. The molecule has 0 radical (unpaired) electrons. The van der Waals surface area contributed by atoms with Gasteiger partial charge in [-0.2, -0.15) is 0 Å². The van der Waals surface area contributed by atoms with Crippen molar-refractivity contribution in [3.05, 3.63) is 95.9 Å². The summed E-state index contributed by atoms with van der Waals surface area (Å²) in [5, 5.41) is 1.02. The number of methoxy groups -OCH3 is 1. The van der Waals surface area contributed by atoms with Gasteiger partial charge in [-0.05, 0) is 29.7 Å². The van der Waals surface area contributed by atoms with E-state index in [0.717, 1.165) is 23.4 Å². The van der Waals surface area contributed by atoms with Crippen LogP contribution >= 0.6 is 23.4 Å². The van der Waals surface area contributed by atoms with Crippen molar-refractivity contribution in [2.75, 3.05) is 18.6 Å². The lowest BCUT2D eigenvalue weighted by Crippen LogP contribution is -2.45. The minimum Gasteiger partial charge on any atom is -0.468 e. The van der Waals surface area contributed by atoms with Gasteiger partial charge in [0.25, 0.3) is 11.1 Å². The number of hydrogen-bond acceptors (Lipinski definition) is 9. The van der Waals surface area contributed by atoms with E-state index in [-0.39, 0.29) is 34.7 Å². The number of carbonyl (C=O) groups excluding carboxylic acids is 2. The van der Waals surface area contributed by atoms with E-state index in [1.807, 2.05) is 13.8 Å². The van der Waals surface area contributed by atoms with Crippen LogP contribution in [0.1, 0.15) is 29.8 Å². The van der Waals surface area contributed by atoms with Crippen LogP contribution in [-0.4, -0.2) is 43.3 Å². The Hall–Kier alpha value is -4.16. The highest BCUT2D eigenvalue weighted by atomic mass is 35.5. The van der Waals surface area contributed by atoms with Crippen molar-refractivity contribution in [3.8, 4) is 0 Å². The number of halogens is 1. The second-order valence-corrected chi connectivity index (χ2v) is 11.0. The maximum atomic E-state index is 13.5. The number of nitrogens with zero attached hydrogens (tertiary/aromatic N) is 4. The van der Waals surface area contributed by atoms with Crippen LogP contribution in [-0.2, 0) is 29.2 Å². The fourth-order valence-corrected chi connectivity index (χ4v) is 5.29. The van der Waals surface area contributed by atoms with Gasteiger partial charge in [-0.15, -0.1) is 0 Å². The van der Waals surface area contributed by atoms with E-state index in [4.69, 9.17) is 17.3 Å². The lowest BCUT2D eigenvalue weighted by Gasteiger charge is -2.17. The molecule has 2 aromatic heterocycles. The van der Waals surface area contributed by atoms with Crippen LogP contribution in [0.15, 0.2) is 68.1 Å². The second kappa shape index (κ2) is 12.6. The Labute approximate surface area is 243 Å². The topological polar surface area (TPSA) is 148 Å². The number of ketones is 1. The van der Waals surface area contributed by atoms with Crippen LogP contribution in [0.3, 0.4) is 0 Å². The summed E-state index contributed by atoms with van der Waals surface area (Å²) < 4.78 is 7.82. The molecule has 2 N–H and O–H groups in total. The summed E-state index contributed by atoms with van der Waals surface area (Å²) in [5.74, 6) is -2.09. The largest absolute Gasteiger partial charge is 0.468 e. The summed E-state index contributed by atoms with van der Waals surface area (Å²) in [6.45, 7) is 3.48. The highest BCUT2D eigenvalue weighted by Gasteiger charge is 2.25. The van der Waals surface area contributed by atoms with E-state index in [2.05, 4.69) is 9.72 Å². The molecule has 0 aliphatic rings. The van der Waals surface area contributed by atoms with Crippen LogP contribution in [0.4, 0.5) is 5.82 Å². The number of carbonyl (C=O) groups is 2. The molecular formula is C28H28ClN5O6S. The molecule has 0 fully saturated rings. The van der Waals surface area contributed by atoms with Gasteiger partial charge in [0.15, 0.2) is 10.9 Å². The predicted molar refractivity (Wildman–Crippen MR) is 158 cm³/mol.